The van der Waals surface area contributed by atoms with E-state index in [0.717, 1.165) is 24.2 Å². The van der Waals surface area contributed by atoms with Crippen molar-refractivity contribution in [1.29, 1.82) is 0 Å². The molecule has 2 amide bonds. The minimum atomic E-state index is -1.13. The average molecular weight is 600 g/mol. The van der Waals surface area contributed by atoms with Gasteiger partial charge in [-0.05, 0) is 37.0 Å². The summed E-state index contributed by atoms with van der Waals surface area (Å²) in [6.07, 6.45) is 3.32. The third-order valence-electron chi connectivity index (χ3n) is 10.0. The van der Waals surface area contributed by atoms with E-state index in [9.17, 15) is 19.5 Å². The van der Waals surface area contributed by atoms with Crippen molar-refractivity contribution < 1.29 is 38.4 Å². The van der Waals surface area contributed by atoms with Crippen molar-refractivity contribution in [1.82, 2.24) is 10.2 Å². The summed E-state index contributed by atoms with van der Waals surface area (Å²) >= 11 is 0. The highest BCUT2D eigenvalue weighted by Gasteiger charge is 2.76. The van der Waals surface area contributed by atoms with Gasteiger partial charge in [-0.3, -0.25) is 26.0 Å². The van der Waals surface area contributed by atoms with Gasteiger partial charge in [0.05, 0.1) is 38.1 Å². The number of quaternary nitrogens is 1. The third-order valence-corrected chi connectivity index (χ3v) is 10.0. The number of carbonyl (C=O) groups excluding carboxylic acids is 3. The zero-order chi connectivity index (χ0) is 31.2. The molecule has 234 valence electrons. The molecule has 2 aliphatic carbocycles. The van der Waals surface area contributed by atoms with Crippen LogP contribution < -0.4 is 37.0 Å². The zero-order valence-electron chi connectivity index (χ0n) is 25.1. The Morgan fingerprint density at radius 1 is 1.37 bits per heavy atom. The van der Waals surface area contributed by atoms with Crippen LogP contribution in [0.1, 0.15) is 43.2 Å². The molecule has 1 saturated heterocycles. The van der Waals surface area contributed by atoms with E-state index in [-0.39, 0.29) is 49.0 Å². The van der Waals surface area contributed by atoms with Crippen molar-refractivity contribution >= 4 is 23.7 Å². The van der Waals surface area contributed by atoms with Gasteiger partial charge >= 0.3 is 12.1 Å². The molecule has 1 aromatic carbocycles. The second-order valence-corrected chi connectivity index (χ2v) is 12.6. The van der Waals surface area contributed by atoms with E-state index in [1.807, 2.05) is 12.1 Å². The van der Waals surface area contributed by atoms with E-state index in [2.05, 4.69) is 23.9 Å². The maximum absolute atomic E-state index is 13.3. The topological polar surface area (TPSA) is 197 Å². The third kappa shape index (κ3) is 5.02. The molecular weight excluding hydrogens is 554 g/mol. The Morgan fingerprint density at radius 3 is 2.86 bits per heavy atom. The maximum Gasteiger partial charge on any atom is 0.415 e. The Morgan fingerprint density at radius 2 is 2.14 bits per heavy atom. The van der Waals surface area contributed by atoms with E-state index in [1.54, 1.807) is 13.1 Å². The maximum atomic E-state index is 13.3. The van der Waals surface area contributed by atoms with Crippen molar-refractivity contribution in [3.63, 3.8) is 0 Å². The summed E-state index contributed by atoms with van der Waals surface area (Å²) in [5, 5.41) is 15.2. The highest BCUT2D eigenvalue weighted by atomic mass is 16.6. The van der Waals surface area contributed by atoms with E-state index < -0.39 is 29.3 Å². The van der Waals surface area contributed by atoms with Gasteiger partial charge in [-0.2, -0.15) is 0 Å². The first-order valence-electron chi connectivity index (χ1n) is 15.0. The van der Waals surface area contributed by atoms with Crippen LogP contribution in [-0.4, -0.2) is 109 Å². The fraction of sp³-hybridized carbons (Fsp3) is 0.600. The lowest BCUT2D eigenvalue weighted by Crippen LogP contribution is -2.80. The highest BCUT2D eigenvalue weighted by molar-refractivity contribution is 5.90. The van der Waals surface area contributed by atoms with Crippen molar-refractivity contribution in [2.45, 2.75) is 67.7 Å². The van der Waals surface area contributed by atoms with Crippen LogP contribution >= 0.6 is 0 Å². The Hall–Kier alpha value is -3.68. The fourth-order valence-electron chi connectivity index (χ4n) is 7.84. The number of likely N-dealkylation sites (tertiary alicyclic amines) is 1. The lowest BCUT2D eigenvalue weighted by molar-refractivity contribution is -0.944. The number of rotatable bonds is 11. The van der Waals surface area contributed by atoms with Crippen LogP contribution in [-0.2, 0) is 21.4 Å². The molecule has 1 spiro atoms. The Labute approximate surface area is 251 Å². The van der Waals surface area contributed by atoms with Crippen molar-refractivity contribution in [2.24, 2.45) is 17.2 Å². The van der Waals surface area contributed by atoms with Crippen LogP contribution in [0.5, 0.6) is 11.5 Å². The van der Waals surface area contributed by atoms with Crippen molar-refractivity contribution in [3.05, 3.63) is 35.9 Å². The second kappa shape index (κ2) is 11.4. The number of benzene rings is 1. The molecule has 1 saturated carbocycles. The quantitative estimate of drug-likeness (QED) is 0.0535. The molecule has 2 bridgehead atoms. The number of hydrogen-bond acceptors (Lipinski definition) is 7. The molecule has 0 radical (unpaired) electrons. The summed E-state index contributed by atoms with van der Waals surface area (Å²) in [6.45, 7) is 6.32. The Bertz CT molecular complexity index is 1350. The number of amides is 2. The Balaban J connectivity index is 1.28. The molecule has 5 rings (SSSR count). The number of hydrogen-bond donors (Lipinski definition) is 6. The first-order valence-corrected chi connectivity index (χ1v) is 15.0. The van der Waals surface area contributed by atoms with E-state index in [0.29, 0.717) is 48.9 Å². The molecule has 4 aliphatic rings. The summed E-state index contributed by atoms with van der Waals surface area (Å²) in [7, 11) is 3.72. The number of likely N-dealkylation sites (N-methyl/N-ethyl adjacent to an activating group) is 2. The molecule has 2 fully saturated rings. The van der Waals surface area contributed by atoms with Crippen LogP contribution in [0.2, 0.25) is 0 Å². The van der Waals surface area contributed by atoms with Gasteiger partial charge in [0.1, 0.15) is 11.6 Å². The predicted molar refractivity (Wildman–Crippen MR) is 158 cm³/mol. The molecular formula is C30H45N7O6+2. The van der Waals surface area contributed by atoms with Crippen LogP contribution in [0, 0.1) is 0 Å². The van der Waals surface area contributed by atoms with Gasteiger partial charge in [0.15, 0.2) is 23.4 Å². The molecule has 2 aliphatic heterocycles. The number of nitrogens with zero attached hydrogens (tertiary/aromatic N) is 2. The minimum Gasteiger partial charge on any atom is -0.477 e. The lowest BCUT2D eigenvalue weighted by atomic mass is 9.48. The molecule has 13 heteroatoms. The molecule has 2 heterocycles. The molecule has 0 aromatic heterocycles. The summed E-state index contributed by atoms with van der Waals surface area (Å²) in [6, 6.07) is 2.83. The van der Waals surface area contributed by atoms with E-state index in [4.69, 9.17) is 26.7 Å². The van der Waals surface area contributed by atoms with Crippen LogP contribution in [0.4, 0.5) is 4.79 Å². The zero-order valence-corrected chi connectivity index (χ0v) is 25.1. The number of carbonyl (C=O) groups is 3. The first-order chi connectivity index (χ1) is 20.4. The van der Waals surface area contributed by atoms with Crippen LogP contribution in [0.3, 0.4) is 0 Å². The summed E-state index contributed by atoms with van der Waals surface area (Å²) in [5.74, 6) is 0.352. The van der Waals surface area contributed by atoms with Crippen LogP contribution in [0.15, 0.2) is 24.8 Å². The number of Topliss-reactive ketones (excluding diaryl/α,β-unsaturated/α-hetero) is 1. The number of guanidine groups is 1. The van der Waals surface area contributed by atoms with Crippen molar-refractivity contribution in [2.75, 3.05) is 46.8 Å². The first kappa shape index (κ1) is 30.8. The normalized spacial score (nSPS) is 30.4. The van der Waals surface area contributed by atoms with Gasteiger partial charge in [-0.1, -0.05) is 12.6 Å². The van der Waals surface area contributed by atoms with E-state index in [1.165, 1.54) is 4.90 Å². The van der Waals surface area contributed by atoms with Gasteiger partial charge in [0, 0.05) is 45.0 Å². The number of piperidine rings is 1. The lowest BCUT2D eigenvalue weighted by Gasteiger charge is -2.64. The van der Waals surface area contributed by atoms with Crippen molar-refractivity contribution in [3.8, 4) is 11.5 Å². The molecule has 1 aromatic rings. The van der Waals surface area contributed by atoms with Gasteiger partial charge in [-0.15, -0.1) is 0 Å². The Kier molecular flexibility index (Phi) is 8.18. The fourth-order valence-corrected chi connectivity index (χ4v) is 7.84. The number of ether oxygens (including phenoxy) is 2. The summed E-state index contributed by atoms with van der Waals surface area (Å²) in [4.78, 5) is 42.8. The number of aliphatic hydroxyl groups is 1. The van der Waals surface area contributed by atoms with E-state index >= 15 is 0 Å². The number of nitrogens with one attached hydrogen (secondary N) is 2. The monoisotopic (exact) mass is 599 g/mol. The van der Waals surface area contributed by atoms with Gasteiger partial charge in [0.2, 0.25) is 5.91 Å². The standard InChI is InChI=1S/C30H43N7O6/c1-4-15-37(3)16-11-29-23-18-7-8-21(24(23)43-25(29)20(38)9-10-30(29,41)22(37)17-18)42-28(40)36(2)14-13-34-26(39)19(31)6-5-12-35-27(32)33/h4,7-8,19,22,25,41H,1,5-6,9-17,31H2,2-3H3,(H4-,32,33,34,35,39)/p+2/t19-,22+,25-,29-,30+,37?/m0/s1. The van der Waals surface area contributed by atoms with Gasteiger partial charge in [-0.25, -0.2) is 4.79 Å². The van der Waals surface area contributed by atoms with Crippen LogP contribution in [0.25, 0.3) is 0 Å². The van der Waals surface area contributed by atoms with Gasteiger partial charge < -0.3 is 35.0 Å². The molecule has 9 N–H and O–H groups in total. The average Bonchev–Trinajstić information content (AvgIpc) is 3.32. The molecule has 1 unspecified atom stereocenters. The summed E-state index contributed by atoms with van der Waals surface area (Å²) in [5.41, 5.74) is 16.5. The molecule has 43 heavy (non-hydrogen) atoms. The highest BCUT2D eigenvalue weighted by Crippen LogP contribution is 2.65. The second-order valence-electron chi connectivity index (χ2n) is 12.6. The molecule has 13 nitrogen and oxygen atoms in total. The minimum absolute atomic E-state index is 0.0336. The molecule has 6 atom stereocenters. The number of nitrogens with two attached hydrogens (primary N) is 3. The smallest absolute Gasteiger partial charge is 0.415 e. The number of ketones is 1. The largest absolute Gasteiger partial charge is 0.477 e. The SMILES string of the molecule is C=CC[N+]1(C)CC[C@]23c4c5ccc(OC(=O)N(C)CCNC(=O)[C@@H](N)CCC[NH+]=C(N)N)c4O[C@H]2C(=O)CC[C@@]3(O)[C@H]1C5. The van der Waals surface area contributed by atoms with Gasteiger partial charge in [0.25, 0.3) is 0 Å². The summed E-state index contributed by atoms with van der Waals surface area (Å²) < 4.78 is 12.8. The predicted octanol–water partition coefficient (Wildman–Crippen LogP) is -2.25.